The second-order valence-electron chi connectivity index (χ2n) is 5.90. The number of nitro benzene ring substituents is 1. The Morgan fingerprint density at radius 1 is 1.43 bits per heavy atom. The van der Waals surface area contributed by atoms with E-state index >= 15 is 0 Å². The molecule has 0 amide bonds. The first kappa shape index (κ1) is 15.6. The van der Waals surface area contributed by atoms with E-state index in [-0.39, 0.29) is 11.4 Å². The van der Waals surface area contributed by atoms with Crippen LogP contribution in [-0.2, 0) is 0 Å². The molecule has 0 aliphatic carbocycles. The summed E-state index contributed by atoms with van der Waals surface area (Å²) in [6.07, 6.45) is 1.03. The monoisotopic (exact) mass is 293 g/mol. The molecular formula is C15H23N3O3. The highest BCUT2D eigenvalue weighted by Crippen LogP contribution is 2.31. The van der Waals surface area contributed by atoms with Crippen molar-refractivity contribution in [2.24, 2.45) is 5.92 Å². The predicted octanol–water partition coefficient (Wildman–Crippen LogP) is 2.74. The van der Waals surface area contributed by atoms with Crippen molar-refractivity contribution in [2.45, 2.75) is 32.4 Å². The van der Waals surface area contributed by atoms with Crippen molar-refractivity contribution in [1.29, 1.82) is 0 Å². The first-order chi connectivity index (χ1) is 9.92. The van der Waals surface area contributed by atoms with Gasteiger partial charge in [-0.1, -0.05) is 6.92 Å². The van der Waals surface area contributed by atoms with Gasteiger partial charge in [0, 0.05) is 30.4 Å². The second kappa shape index (κ2) is 6.30. The highest BCUT2D eigenvalue weighted by molar-refractivity contribution is 5.59. The number of hydrogen-bond donors (Lipinski definition) is 1. The van der Waals surface area contributed by atoms with Gasteiger partial charge in [0.2, 0.25) is 0 Å². The van der Waals surface area contributed by atoms with E-state index in [1.165, 1.54) is 7.11 Å². The number of methoxy groups -OCH3 is 1. The Bertz CT molecular complexity index is 521. The average molecular weight is 293 g/mol. The first-order valence-electron chi connectivity index (χ1n) is 7.21. The number of rotatable bonds is 4. The number of nitrogens with one attached hydrogen (secondary N) is 1. The van der Waals surface area contributed by atoms with Crippen LogP contribution in [0.5, 0.6) is 5.75 Å². The quantitative estimate of drug-likeness (QED) is 0.683. The second-order valence-corrected chi connectivity index (χ2v) is 5.90. The van der Waals surface area contributed by atoms with E-state index in [0.717, 1.165) is 18.7 Å². The Morgan fingerprint density at radius 3 is 2.76 bits per heavy atom. The van der Waals surface area contributed by atoms with Crippen molar-refractivity contribution < 1.29 is 9.66 Å². The van der Waals surface area contributed by atoms with Gasteiger partial charge in [0.05, 0.1) is 12.0 Å². The van der Waals surface area contributed by atoms with Gasteiger partial charge in [0.1, 0.15) is 0 Å². The molecule has 1 aliphatic heterocycles. The van der Waals surface area contributed by atoms with Crippen LogP contribution < -0.4 is 10.1 Å². The molecule has 1 aliphatic rings. The van der Waals surface area contributed by atoms with Crippen LogP contribution in [0.2, 0.25) is 0 Å². The highest BCUT2D eigenvalue weighted by Gasteiger charge is 2.29. The van der Waals surface area contributed by atoms with E-state index in [1.807, 2.05) is 6.07 Å². The van der Waals surface area contributed by atoms with Crippen molar-refractivity contribution in [1.82, 2.24) is 4.90 Å². The van der Waals surface area contributed by atoms with Gasteiger partial charge < -0.3 is 15.0 Å². The van der Waals surface area contributed by atoms with Crippen LogP contribution in [0.3, 0.4) is 0 Å². The van der Waals surface area contributed by atoms with Crippen molar-refractivity contribution >= 4 is 11.4 Å². The predicted molar refractivity (Wildman–Crippen MR) is 82.9 cm³/mol. The third-order valence-electron chi connectivity index (χ3n) is 4.34. The molecule has 1 fully saturated rings. The van der Waals surface area contributed by atoms with E-state index in [4.69, 9.17) is 4.74 Å². The van der Waals surface area contributed by atoms with E-state index in [0.29, 0.717) is 18.0 Å². The van der Waals surface area contributed by atoms with Crippen LogP contribution in [0.15, 0.2) is 18.2 Å². The molecule has 1 saturated heterocycles. The molecule has 116 valence electrons. The van der Waals surface area contributed by atoms with Gasteiger partial charge in [0.15, 0.2) is 5.75 Å². The number of ether oxygens (including phenoxy) is 1. The summed E-state index contributed by atoms with van der Waals surface area (Å²) in [6, 6.07) is 5.86. The van der Waals surface area contributed by atoms with Gasteiger partial charge in [-0.05, 0) is 38.4 Å². The maximum absolute atomic E-state index is 11.1. The van der Waals surface area contributed by atoms with Gasteiger partial charge in [-0.3, -0.25) is 10.1 Å². The summed E-state index contributed by atoms with van der Waals surface area (Å²) in [6.45, 7) is 5.44. The average Bonchev–Trinajstić information content (AvgIpc) is 2.44. The zero-order valence-corrected chi connectivity index (χ0v) is 13.0. The van der Waals surface area contributed by atoms with Crippen molar-refractivity contribution in [3.05, 3.63) is 28.3 Å². The number of nitro groups is 1. The molecule has 1 aromatic carbocycles. The normalized spacial score (nSPS) is 26.4. The Hall–Kier alpha value is -1.82. The molecule has 0 radical (unpaired) electrons. The van der Waals surface area contributed by atoms with Crippen molar-refractivity contribution in [2.75, 3.05) is 26.0 Å². The van der Waals surface area contributed by atoms with Gasteiger partial charge in [0.25, 0.3) is 0 Å². The Labute approximate surface area is 125 Å². The summed E-state index contributed by atoms with van der Waals surface area (Å²) in [5.41, 5.74) is 0.771. The van der Waals surface area contributed by atoms with Crippen LogP contribution in [0, 0.1) is 16.0 Å². The molecule has 6 nitrogen and oxygen atoms in total. The maximum atomic E-state index is 11.1. The zero-order chi connectivity index (χ0) is 15.6. The summed E-state index contributed by atoms with van der Waals surface area (Å²) in [7, 11) is 3.58. The number of piperidine rings is 1. The van der Waals surface area contributed by atoms with Gasteiger partial charge in [-0.25, -0.2) is 0 Å². The van der Waals surface area contributed by atoms with E-state index in [9.17, 15) is 10.1 Å². The lowest BCUT2D eigenvalue weighted by molar-refractivity contribution is -0.385. The van der Waals surface area contributed by atoms with Crippen LogP contribution in [0.1, 0.15) is 20.3 Å². The first-order valence-corrected chi connectivity index (χ1v) is 7.21. The van der Waals surface area contributed by atoms with Gasteiger partial charge in [-0.2, -0.15) is 0 Å². The lowest BCUT2D eigenvalue weighted by atomic mass is 9.89. The third-order valence-corrected chi connectivity index (χ3v) is 4.34. The number of likely N-dealkylation sites (tertiary alicyclic amines) is 1. The number of nitrogens with zero attached hydrogens (tertiary/aromatic N) is 2. The van der Waals surface area contributed by atoms with Crippen LogP contribution in [0.25, 0.3) is 0 Å². The molecule has 6 heteroatoms. The van der Waals surface area contributed by atoms with Gasteiger partial charge in [-0.15, -0.1) is 0 Å². The highest BCUT2D eigenvalue weighted by atomic mass is 16.6. The molecule has 0 aromatic heterocycles. The third kappa shape index (κ3) is 3.44. The summed E-state index contributed by atoms with van der Waals surface area (Å²) in [5.74, 6) is 0.780. The molecular weight excluding hydrogens is 270 g/mol. The standard InChI is InChI=1S/C15H23N3O3/c1-10-9-17(3)11(2)7-13(10)16-12-5-6-15(21-4)14(8-12)18(19)20/h5-6,8,10-11,13,16H,7,9H2,1-4H3. The fraction of sp³-hybridized carbons (Fsp3) is 0.600. The van der Waals surface area contributed by atoms with Crippen LogP contribution >= 0.6 is 0 Å². The number of anilines is 1. The van der Waals surface area contributed by atoms with E-state index in [2.05, 4.69) is 31.1 Å². The van der Waals surface area contributed by atoms with E-state index in [1.54, 1.807) is 12.1 Å². The summed E-state index contributed by atoms with van der Waals surface area (Å²) in [4.78, 5) is 13.0. The molecule has 0 saturated carbocycles. The molecule has 21 heavy (non-hydrogen) atoms. The summed E-state index contributed by atoms with van der Waals surface area (Å²) >= 11 is 0. The summed E-state index contributed by atoms with van der Waals surface area (Å²) in [5, 5.41) is 14.5. The lowest BCUT2D eigenvalue weighted by Gasteiger charge is -2.40. The fourth-order valence-electron chi connectivity index (χ4n) is 2.88. The smallest absolute Gasteiger partial charge is 0.312 e. The molecule has 0 bridgehead atoms. The van der Waals surface area contributed by atoms with Crippen molar-refractivity contribution in [3.63, 3.8) is 0 Å². The SMILES string of the molecule is COc1ccc(NC2CC(C)N(C)CC2C)cc1[N+](=O)[O-]. The minimum atomic E-state index is -0.412. The van der Waals surface area contributed by atoms with Crippen LogP contribution in [-0.4, -0.2) is 42.6 Å². The largest absolute Gasteiger partial charge is 0.490 e. The maximum Gasteiger partial charge on any atom is 0.312 e. The Morgan fingerprint density at radius 2 is 2.14 bits per heavy atom. The molecule has 1 heterocycles. The molecule has 1 N–H and O–H groups in total. The molecule has 3 unspecified atom stereocenters. The van der Waals surface area contributed by atoms with Crippen LogP contribution in [0.4, 0.5) is 11.4 Å². The minimum absolute atomic E-state index is 0.00358. The molecule has 2 rings (SSSR count). The lowest BCUT2D eigenvalue weighted by Crippen LogP contribution is -2.48. The van der Waals surface area contributed by atoms with Gasteiger partial charge >= 0.3 is 5.69 Å². The Balaban J connectivity index is 2.16. The zero-order valence-electron chi connectivity index (χ0n) is 13.0. The Kier molecular flexibility index (Phi) is 4.67. The molecule has 1 aromatic rings. The molecule has 3 atom stereocenters. The molecule has 0 spiro atoms. The number of benzene rings is 1. The number of hydrogen-bond acceptors (Lipinski definition) is 5. The summed E-state index contributed by atoms with van der Waals surface area (Å²) < 4.78 is 5.03. The van der Waals surface area contributed by atoms with Crippen molar-refractivity contribution in [3.8, 4) is 5.75 Å². The van der Waals surface area contributed by atoms with E-state index < -0.39 is 4.92 Å². The fourth-order valence-corrected chi connectivity index (χ4v) is 2.88. The minimum Gasteiger partial charge on any atom is -0.490 e. The topological polar surface area (TPSA) is 67.6 Å².